The van der Waals surface area contributed by atoms with Crippen LogP contribution in [0.2, 0.25) is 10.0 Å². The van der Waals surface area contributed by atoms with Gasteiger partial charge in [0.05, 0.1) is 22.2 Å². The van der Waals surface area contributed by atoms with E-state index < -0.39 is 17.4 Å². The van der Waals surface area contributed by atoms with Crippen LogP contribution in [0, 0.1) is 5.92 Å². The van der Waals surface area contributed by atoms with E-state index in [0.717, 1.165) is 25.9 Å². The van der Waals surface area contributed by atoms with Crippen LogP contribution in [-0.4, -0.2) is 34.9 Å². The first-order chi connectivity index (χ1) is 14.3. The molecule has 3 N–H and O–H groups in total. The third-order valence-electron chi connectivity index (χ3n) is 5.52. The molecule has 3 heterocycles. The molecule has 10 heteroatoms. The van der Waals surface area contributed by atoms with Crippen LogP contribution in [0.1, 0.15) is 37.7 Å². The molecule has 30 heavy (non-hydrogen) atoms. The van der Waals surface area contributed by atoms with Crippen LogP contribution < -0.4 is 21.1 Å². The minimum atomic E-state index is -0.990. The third kappa shape index (κ3) is 4.15. The number of nitrogens with zero attached hydrogens (tertiary/aromatic N) is 2. The van der Waals surface area contributed by atoms with Crippen LogP contribution in [0.5, 0.6) is 0 Å². The van der Waals surface area contributed by atoms with Gasteiger partial charge in [-0.3, -0.25) is 19.4 Å². The Morgan fingerprint density at radius 3 is 2.70 bits per heavy atom. The summed E-state index contributed by atoms with van der Waals surface area (Å²) in [5, 5.41) is 6.00. The molecule has 8 nitrogen and oxygen atoms in total. The molecule has 1 saturated heterocycles. The van der Waals surface area contributed by atoms with Crippen LogP contribution in [0.3, 0.4) is 0 Å². The third-order valence-corrected chi connectivity index (χ3v) is 6.09. The van der Waals surface area contributed by atoms with Crippen molar-refractivity contribution in [1.29, 1.82) is 0 Å². The number of hydrogen-bond acceptors (Lipinski definition) is 5. The highest BCUT2D eigenvalue weighted by Gasteiger charge is 2.35. The summed E-state index contributed by atoms with van der Waals surface area (Å²) in [6, 6.07) is 4.66. The van der Waals surface area contributed by atoms with E-state index in [2.05, 4.69) is 27.5 Å². The fraction of sp³-hybridized carbons (Fsp3) is 0.400. The fourth-order valence-corrected chi connectivity index (χ4v) is 4.10. The van der Waals surface area contributed by atoms with Gasteiger partial charge >= 0.3 is 0 Å². The molecular formula is C20H21Cl2N5O3. The van der Waals surface area contributed by atoms with Gasteiger partial charge in [0.1, 0.15) is 5.82 Å². The lowest BCUT2D eigenvalue weighted by Gasteiger charge is -2.31. The molecule has 1 atom stereocenters. The molecular weight excluding hydrogens is 429 g/mol. The van der Waals surface area contributed by atoms with Crippen molar-refractivity contribution in [2.45, 2.75) is 32.1 Å². The van der Waals surface area contributed by atoms with Crippen molar-refractivity contribution in [3.05, 3.63) is 44.2 Å². The van der Waals surface area contributed by atoms with Crippen molar-refractivity contribution in [3.63, 3.8) is 0 Å². The van der Waals surface area contributed by atoms with Crippen molar-refractivity contribution < 1.29 is 9.59 Å². The van der Waals surface area contributed by atoms with Gasteiger partial charge in [-0.15, -0.1) is 0 Å². The summed E-state index contributed by atoms with van der Waals surface area (Å²) < 4.78 is 0. The molecule has 1 fully saturated rings. The number of anilines is 3. The summed E-state index contributed by atoms with van der Waals surface area (Å²) in [6.07, 6.45) is 1.83. The van der Waals surface area contributed by atoms with Gasteiger partial charge in [-0.2, -0.15) is 4.98 Å². The van der Waals surface area contributed by atoms with E-state index in [1.807, 2.05) is 4.90 Å². The van der Waals surface area contributed by atoms with E-state index >= 15 is 0 Å². The Kier molecular flexibility index (Phi) is 5.71. The van der Waals surface area contributed by atoms with Crippen molar-refractivity contribution in [2.24, 2.45) is 5.92 Å². The zero-order chi connectivity index (χ0) is 21.4. The first-order valence-electron chi connectivity index (χ1n) is 9.76. The molecule has 0 bridgehead atoms. The van der Waals surface area contributed by atoms with Crippen LogP contribution >= 0.6 is 23.2 Å². The lowest BCUT2D eigenvalue weighted by molar-refractivity contribution is -0.123. The smallest absolute Gasteiger partial charge is 0.258 e. The number of aromatic nitrogens is 2. The molecule has 0 aliphatic carbocycles. The normalized spacial score (nSPS) is 19.2. The second-order valence-corrected chi connectivity index (χ2v) is 8.58. The lowest BCUT2D eigenvalue weighted by Crippen LogP contribution is -2.39. The summed E-state index contributed by atoms with van der Waals surface area (Å²) in [6.45, 7) is 3.73. The topological polar surface area (TPSA) is 107 Å². The van der Waals surface area contributed by atoms with Gasteiger partial charge in [-0.25, -0.2) is 0 Å². The Morgan fingerprint density at radius 2 is 1.97 bits per heavy atom. The highest BCUT2D eigenvalue weighted by atomic mass is 35.5. The zero-order valence-corrected chi connectivity index (χ0v) is 17.8. The maximum absolute atomic E-state index is 12.9. The number of carbonyl (C=O) groups is 2. The molecule has 158 valence electrons. The molecule has 1 aromatic heterocycles. The van der Waals surface area contributed by atoms with Gasteiger partial charge in [0.25, 0.3) is 5.56 Å². The average Bonchev–Trinajstić information content (AvgIpc) is 2.70. The van der Waals surface area contributed by atoms with Crippen LogP contribution in [0.25, 0.3) is 0 Å². The molecule has 0 spiro atoms. The zero-order valence-electron chi connectivity index (χ0n) is 16.3. The number of piperidine rings is 1. The molecule has 0 saturated carbocycles. The molecule has 2 aromatic rings. The number of H-pyrrole nitrogens is 1. The minimum Gasteiger partial charge on any atom is -0.342 e. The quantitative estimate of drug-likeness (QED) is 0.665. The highest BCUT2D eigenvalue weighted by molar-refractivity contribution is 6.35. The average molecular weight is 450 g/mol. The lowest BCUT2D eigenvalue weighted by atomic mass is 9.92. The first-order valence-corrected chi connectivity index (χ1v) is 10.5. The van der Waals surface area contributed by atoms with Crippen molar-refractivity contribution in [3.8, 4) is 0 Å². The number of halogens is 2. The van der Waals surface area contributed by atoms with Crippen molar-refractivity contribution in [2.75, 3.05) is 28.6 Å². The molecule has 4 rings (SSSR count). The summed E-state index contributed by atoms with van der Waals surface area (Å²) >= 11 is 12.1. The monoisotopic (exact) mass is 449 g/mol. The minimum absolute atomic E-state index is 0.126. The summed E-state index contributed by atoms with van der Waals surface area (Å²) in [5.41, 5.74) is 0.00971. The van der Waals surface area contributed by atoms with E-state index in [0.29, 0.717) is 27.6 Å². The van der Waals surface area contributed by atoms with E-state index in [1.54, 1.807) is 12.1 Å². The summed E-state index contributed by atoms with van der Waals surface area (Å²) in [7, 11) is 0. The number of amides is 2. The Balaban J connectivity index is 1.64. The van der Waals surface area contributed by atoms with E-state index in [1.165, 1.54) is 6.07 Å². The standard InChI is InChI=1S/C20H21Cl2N5O3/c1-10-4-6-27(7-5-10)20-25-17-16(19(30)26-20)12(9-15(28)24-17)18(29)23-14-8-11(21)2-3-13(14)22/h2-3,8,10,12H,4-7,9H2,1H3,(H,23,29)(H2,24,25,26,28,30). The van der Waals surface area contributed by atoms with Gasteiger partial charge in [-0.05, 0) is 37.0 Å². The molecule has 1 aromatic carbocycles. The first kappa shape index (κ1) is 20.7. The van der Waals surface area contributed by atoms with Crippen molar-refractivity contribution >= 4 is 52.5 Å². The van der Waals surface area contributed by atoms with E-state index in [9.17, 15) is 14.4 Å². The number of rotatable bonds is 3. The van der Waals surface area contributed by atoms with Gasteiger partial charge in [0, 0.05) is 24.5 Å². The Morgan fingerprint density at radius 1 is 1.23 bits per heavy atom. The molecule has 2 aliphatic heterocycles. The number of aromatic amines is 1. The Bertz CT molecular complexity index is 1060. The highest BCUT2D eigenvalue weighted by Crippen LogP contribution is 2.32. The second kappa shape index (κ2) is 8.28. The van der Waals surface area contributed by atoms with Gasteiger partial charge in [0.15, 0.2) is 0 Å². The predicted octanol–water partition coefficient (Wildman–Crippen LogP) is 3.38. The molecule has 0 radical (unpaired) electrons. The predicted molar refractivity (Wildman–Crippen MR) is 117 cm³/mol. The Labute approximate surface area is 183 Å². The Hall–Kier alpha value is -2.58. The summed E-state index contributed by atoms with van der Waals surface area (Å²) in [4.78, 5) is 47.3. The number of benzene rings is 1. The molecule has 2 aliphatic rings. The van der Waals surface area contributed by atoms with Crippen LogP contribution in [0.4, 0.5) is 17.5 Å². The SMILES string of the molecule is CC1CCN(c2nc3c(c(=O)[nH]2)C(C(=O)Nc2cc(Cl)ccc2Cl)CC(=O)N3)CC1. The molecule has 2 amide bonds. The van der Waals surface area contributed by atoms with Gasteiger partial charge in [0.2, 0.25) is 17.8 Å². The second-order valence-electron chi connectivity index (χ2n) is 7.74. The maximum atomic E-state index is 12.9. The molecule has 1 unspecified atom stereocenters. The number of carbonyl (C=O) groups excluding carboxylic acids is 2. The maximum Gasteiger partial charge on any atom is 0.258 e. The van der Waals surface area contributed by atoms with E-state index in [4.69, 9.17) is 23.2 Å². The van der Waals surface area contributed by atoms with Crippen LogP contribution in [0.15, 0.2) is 23.0 Å². The number of nitrogens with one attached hydrogen (secondary N) is 3. The van der Waals surface area contributed by atoms with E-state index in [-0.39, 0.29) is 23.7 Å². The fourth-order valence-electron chi connectivity index (χ4n) is 3.77. The van der Waals surface area contributed by atoms with Gasteiger partial charge in [-0.1, -0.05) is 30.1 Å². The van der Waals surface area contributed by atoms with Crippen LogP contribution in [-0.2, 0) is 9.59 Å². The number of hydrogen-bond donors (Lipinski definition) is 3. The summed E-state index contributed by atoms with van der Waals surface area (Å²) in [5.74, 6) is -0.740. The number of fused-ring (bicyclic) bond motifs is 1. The van der Waals surface area contributed by atoms with Crippen molar-refractivity contribution in [1.82, 2.24) is 9.97 Å². The van der Waals surface area contributed by atoms with Gasteiger partial charge < -0.3 is 15.5 Å². The largest absolute Gasteiger partial charge is 0.342 e.